The van der Waals surface area contributed by atoms with E-state index in [-0.39, 0.29) is 0 Å². The van der Waals surface area contributed by atoms with E-state index in [0.29, 0.717) is 11.6 Å². The number of piperidine rings is 1. The van der Waals surface area contributed by atoms with E-state index in [2.05, 4.69) is 54.4 Å². The van der Waals surface area contributed by atoms with Gasteiger partial charge in [-0.05, 0) is 44.7 Å². The van der Waals surface area contributed by atoms with Crippen molar-refractivity contribution in [2.75, 3.05) is 13.1 Å². The predicted octanol–water partition coefficient (Wildman–Crippen LogP) is 2.65. The Hall–Kier alpha value is -0.860. The summed E-state index contributed by atoms with van der Waals surface area (Å²) in [5.41, 5.74) is 1.78. The summed E-state index contributed by atoms with van der Waals surface area (Å²) < 4.78 is 0. The van der Waals surface area contributed by atoms with Crippen LogP contribution in [0.1, 0.15) is 32.3 Å². The number of hydrogen-bond acceptors (Lipinski definition) is 2. The van der Waals surface area contributed by atoms with E-state index < -0.39 is 0 Å². The molecule has 0 saturated carbocycles. The van der Waals surface area contributed by atoms with E-state index in [4.69, 9.17) is 0 Å². The largest absolute Gasteiger partial charge is 0.307 e. The molecule has 2 saturated heterocycles. The summed E-state index contributed by atoms with van der Waals surface area (Å²) in [6.45, 7) is 8.25. The second-order valence-corrected chi connectivity index (χ2v) is 6.61. The van der Waals surface area contributed by atoms with Crippen LogP contribution < -0.4 is 5.32 Å². The Morgan fingerprint density at radius 3 is 2.83 bits per heavy atom. The van der Waals surface area contributed by atoms with E-state index in [1.54, 1.807) is 0 Å². The van der Waals surface area contributed by atoms with Crippen LogP contribution in [0.25, 0.3) is 0 Å². The fraction of sp³-hybridized carbons (Fsp3) is 0.625. The second kappa shape index (κ2) is 4.67. The minimum atomic E-state index is 0.345. The number of fused-ring (bicyclic) bond motifs is 1. The first-order valence-corrected chi connectivity index (χ1v) is 7.16. The highest BCUT2D eigenvalue weighted by molar-refractivity contribution is 5.15. The topological polar surface area (TPSA) is 15.3 Å². The van der Waals surface area contributed by atoms with Crippen LogP contribution in [-0.2, 0) is 6.54 Å². The van der Waals surface area contributed by atoms with Gasteiger partial charge in [0.25, 0.3) is 0 Å². The maximum absolute atomic E-state index is 3.81. The van der Waals surface area contributed by atoms with E-state index in [0.717, 1.165) is 12.5 Å². The van der Waals surface area contributed by atoms with Crippen molar-refractivity contribution in [2.45, 2.75) is 44.8 Å². The van der Waals surface area contributed by atoms with Crippen molar-refractivity contribution in [3.8, 4) is 0 Å². The van der Waals surface area contributed by atoms with Crippen LogP contribution in [0.15, 0.2) is 30.3 Å². The molecule has 1 aromatic carbocycles. The third-order valence-corrected chi connectivity index (χ3v) is 4.44. The molecule has 98 valence electrons. The molecule has 0 aliphatic carbocycles. The van der Waals surface area contributed by atoms with Gasteiger partial charge in [0.1, 0.15) is 0 Å². The minimum absolute atomic E-state index is 0.345. The highest BCUT2D eigenvalue weighted by atomic mass is 15.2. The van der Waals surface area contributed by atoms with Crippen molar-refractivity contribution in [1.82, 2.24) is 10.2 Å². The minimum Gasteiger partial charge on any atom is -0.307 e. The molecule has 2 heterocycles. The Morgan fingerprint density at radius 1 is 1.28 bits per heavy atom. The van der Waals surface area contributed by atoms with Crippen LogP contribution in [0.5, 0.6) is 0 Å². The maximum atomic E-state index is 3.81. The van der Waals surface area contributed by atoms with Gasteiger partial charge in [0.2, 0.25) is 0 Å². The van der Waals surface area contributed by atoms with Crippen LogP contribution >= 0.6 is 0 Å². The first-order valence-electron chi connectivity index (χ1n) is 7.16. The number of nitrogens with zero attached hydrogens (tertiary/aromatic N) is 1. The number of benzene rings is 1. The fourth-order valence-corrected chi connectivity index (χ4v) is 3.68. The summed E-state index contributed by atoms with van der Waals surface area (Å²) in [7, 11) is 0. The van der Waals surface area contributed by atoms with Crippen LogP contribution in [0.3, 0.4) is 0 Å². The van der Waals surface area contributed by atoms with Crippen molar-refractivity contribution in [1.29, 1.82) is 0 Å². The van der Waals surface area contributed by atoms with Gasteiger partial charge in [0, 0.05) is 24.7 Å². The zero-order chi connectivity index (χ0) is 12.6. The summed E-state index contributed by atoms with van der Waals surface area (Å²) in [6.07, 6.45) is 2.70. The van der Waals surface area contributed by atoms with Crippen molar-refractivity contribution >= 4 is 0 Å². The lowest BCUT2D eigenvalue weighted by molar-refractivity contribution is 0.159. The highest BCUT2D eigenvalue weighted by Gasteiger charge is 2.41. The van der Waals surface area contributed by atoms with E-state index in [1.165, 1.54) is 31.5 Å². The Kier molecular flexibility index (Phi) is 3.16. The monoisotopic (exact) mass is 244 g/mol. The lowest BCUT2D eigenvalue weighted by Crippen LogP contribution is -2.48. The molecule has 0 spiro atoms. The predicted molar refractivity (Wildman–Crippen MR) is 75.4 cm³/mol. The van der Waals surface area contributed by atoms with Gasteiger partial charge in [0.15, 0.2) is 0 Å². The molecule has 2 heteroatoms. The molecule has 2 unspecified atom stereocenters. The van der Waals surface area contributed by atoms with Gasteiger partial charge < -0.3 is 5.32 Å². The molecule has 1 N–H and O–H groups in total. The van der Waals surface area contributed by atoms with Gasteiger partial charge >= 0.3 is 0 Å². The second-order valence-electron chi connectivity index (χ2n) is 6.61. The molecule has 0 bridgehead atoms. The molecule has 0 aromatic heterocycles. The van der Waals surface area contributed by atoms with Crippen molar-refractivity contribution in [3.05, 3.63) is 35.9 Å². The summed E-state index contributed by atoms with van der Waals surface area (Å²) in [5, 5.41) is 3.81. The smallest absolute Gasteiger partial charge is 0.0234 e. The molecule has 2 atom stereocenters. The summed E-state index contributed by atoms with van der Waals surface area (Å²) in [5.74, 6) is 0.895. The lowest BCUT2D eigenvalue weighted by atomic mass is 9.88. The summed E-state index contributed by atoms with van der Waals surface area (Å²) in [6, 6.07) is 11.5. The van der Waals surface area contributed by atoms with Gasteiger partial charge in [-0.3, -0.25) is 4.90 Å². The molecule has 2 aliphatic heterocycles. The van der Waals surface area contributed by atoms with Crippen LogP contribution in [0, 0.1) is 5.92 Å². The van der Waals surface area contributed by atoms with Gasteiger partial charge in [-0.2, -0.15) is 0 Å². The summed E-state index contributed by atoms with van der Waals surface area (Å²) in [4.78, 5) is 2.60. The third kappa shape index (κ3) is 2.60. The Balaban J connectivity index is 1.61. The highest BCUT2D eigenvalue weighted by Crippen LogP contribution is 2.34. The standard InChI is InChI=1S/C16H24N2/c1-16(2)10-14-8-9-18(12-15(14)17-16)11-13-6-4-3-5-7-13/h3-7,14-15,17H,8-12H2,1-2H3. The molecule has 3 rings (SSSR count). The average molecular weight is 244 g/mol. The van der Waals surface area contributed by atoms with Crippen molar-refractivity contribution in [3.63, 3.8) is 0 Å². The Morgan fingerprint density at radius 2 is 2.06 bits per heavy atom. The molecule has 0 amide bonds. The number of hydrogen-bond donors (Lipinski definition) is 1. The molecular weight excluding hydrogens is 220 g/mol. The normalized spacial score (nSPS) is 31.2. The molecule has 2 fully saturated rings. The van der Waals surface area contributed by atoms with Gasteiger partial charge in [0.05, 0.1) is 0 Å². The molecule has 18 heavy (non-hydrogen) atoms. The molecule has 2 nitrogen and oxygen atoms in total. The fourth-order valence-electron chi connectivity index (χ4n) is 3.68. The third-order valence-electron chi connectivity index (χ3n) is 4.44. The van der Waals surface area contributed by atoms with E-state index in [1.807, 2.05) is 0 Å². The number of likely N-dealkylation sites (tertiary alicyclic amines) is 1. The Labute approximate surface area is 110 Å². The Bertz CT molecular complexity index is 399. The average Bonchev–Trinajstić information content (AvgIpc) is 2.63. The zero-order valence-electron chi connectivity index (χ0n) is 11.5. The van der Waals surface area contributed by atoms with E-state index >= 15 is 0 Å². The van der Waals surface area contributed by atoms with Crippen LogP contribution in [0.4, 0.5) is 0 Å². The van der Waals surface area contributed by atoms with Gasteiger partial charge in [-0.25, -0.2) is 0 Å². The molecule has 2 aliphatic rings. The zero-order valence-corrected chi connectivity index (χ0v) is 11.5. The molecular formula is C16H24N2. The summed E-state index contributed by atoms with van der Waals surface area (Å²) >= 11 is 0. The molecule has 0 radical (unpaired) electrons. The van der Waals surface area contributed by atoms with E-state index in [9.17, 15) is 0 Å². The SMILES string of the molecule is CC1(C)CC2CCN(Cc3ccccc3)CC2N1. The van der Waals surface area contributed by atoms with Crippen LogP contribution in [0.2, 0.25) is 0 Å². The van der Waals surface area contributed by atoms with Gasteiger partial charge in [-0.15, -0.1) is 0 Å². The lowest BCUT2D eigenvalue weighted by Gasteiger charge is -2.35. The van der Waals surface area contributed by atoms with Crippen molar-refractivity contribution < 1.29 is 0 Å². The van der Waals surface area contributed by atoms with Crippen LogP contribution in [-0.4, -0.2) is 29.6 Å². The number of nitrogens with one attached hydrogen (secondary N) is 1. The van der Waals surface area contributed by atoms with Crippen molar-refractivity contribution in [2.24, 2.45) is 5.92 Å². The molecule has 1 aromatic rings. The quantitative estimate of drug-likeness (QED) is 0.860. The van der Waals surface area contributed by atoms with Gasteiger partial charge in [-0.1, -0.05) is 30.3 Å². The first kappa shape index (κ1) is 12.2. The first-order chi connectivity index (χ1) is 8.62. The number of rotatable bonds is 2. The maximum Gasteiger partial charge on any atom is 0.0234 e.